The number of nitrogens with one attached hydrogen (secondary N) is 2. The van der Waals surface area contributed by atoms with Crippen LogP contribution in [-0.4, -0.2) is 56.0 Å². The van der Waals surface area contributed by atoms with E-state index >= 15 is 0 Å². The maximum absolute atomic E-state index is 14.3. The number of H-pyrrole nitrogens is 1. The lowest BCUT2D eigenvalue weighted by Crippen LogP contribution is -2.44. The molecule has 0 amide bonds. The number of pyridine rings is 1. The van der Waals surface area contributed by atoms with Crippen LogP contribution in [0.2, 0.25) is 0 Å². The van der Waals surface area contributed by atoms with Gasteiger partial charge in [0.25, 0.3) is 5.56 Å². The second kappa shape index (κ2) is 10.3. The molecule has 8 heteroatoms. The van der Waals surface area contributed by atoms with Gasteiger partial charge in [-0.3, -0.25) is 9.79 Å². The number of rotatable bonds is 3. The van der Waals surface area contributed by atoms with Crippen molar-refractivity contribution in [3.8, 4) is 0 Å². The van der Waals surface area contributed by atoms with Crippen LogP contribution in [0.3, 0.4) is 0 Å². The summed E-state index contributed by atoms with van der Waals surface area (Å²) in [6, 6.07) is 12.4. The number of fused-ring (bicyclic) bond motifs is 1. The standard InChI is InChI=1S/C22H25FN6O.C2H6/c1-25-21(19-20(24)18-16(23)4-3-5-17(18)27-22(19)30)26-14-6-8-15(9-7-14)29-12-10-28(2)11-13-29;1-2/h3-9H,10-13H2,1-2H3,(H,25,26)(H3,24,27,30);1-2H3. The highest BCUT2D eigenvalue weighted by Crippen LogP contribution is 2.25. The lowest BCUT2D eigenvalue weighted by molar-refractivity contribution is 0.313. The number of aromatic amines is 1. The van der Waals surface area contributed by atoms with Crippen LogP contribution in [0, 0.1) is 5.82 Å². The number of nitrogens with two attached hydrogens (primary N) is 1. The minimum Gasteiger partial charge on any atom is -0.397 e. The molecule has 0 aliphatic carbocycles. The van der Waals surface area contributed by atoms with Gasteiger partial charge in [-0.2, -0.15) is 0 Å². The molecule has 1 aliphatic heterocycles. The van der Waals surface area contributed by atoms with Crippen molar-refractivity contribution in [1.82, 2.24) is 9.88 Å². The monoisotopic (exact) mass is 438 g/mol. The zero-order valence-corrected chi connectivity index (χ0v) is 19.1. The van der Waals surface area contributed by atoms with Crippen molar-refractivity contribution in [2.24, 2.45) is 4.99 Å². The molecule has 1 aliphatic rings. The van der Waals surface area contributed by atoms with Crippen LogP contribution in [0.25, 0.3) is 10.9 Å². The molecule has 0 saturated carbocycles. The summed E-state index contributed by atoms with van der Waals surface area (Å²) < 4.78 is 14.3. The lowest BCUT2D eigenvalue weighted by atomic mass is 10.1. The zero-order chi connectivity index (χ0) is 23.3. The van der Waals surface area contributed by atoms with Gasteiger partial charge in [0, 0.05) is 44.6 Å². The predicted octanol–water partition coefficient (Wildman–Crippen LogP) is 3.52. The largest absolute Gasteiger partial charge is 0.397 e. The average Bonchev–Trinajstić information content (AvgIpc) is 2.80. The highest BCUT2D eigenvalue weighted by molar-refractivity contribution is 6.14. The smallest absolute Gasteiger partial charge is 0.261 e. The first-order valence-corrected chi connectivity index (χ1v) is 10.9. The maximum Gasteiger partial charge on any atom is 0.261 e. The van der Waals surface area contributed by atoms with Gasteiger partial charge in [0.15, 0.2) is 0 Å². The molecule has 170 valence electrons. The van der Waals surface area contributed by atoms with Crippen molar-refractivity contribution < 1.29 is 4.39 Å². The third kappa shape index (κ3) is 4.75. The SMILES string of the molecule is CC.CN=C(Nc1ccc(N2CCN(C)CC2)cc1)c1c(N)c2c(F)cccc2[nH]c1=O. The van der Waals surface area contributed by atoms with Gasteiger partial charge in [0.05, 0.1) is 16.6 Å². The molecule has 0 spiro atoms. The molecule has 4 N–H and O–H groups in total. The number of hydrogen-bond donors (Lipinski definition) is 3. The molecule has 2 heterocycles. The summed E-state index contributed by atoms with van der Waals surface area (Å²) in [4.78, 5) is 24.2. The first-order valence-electron chi connectivity index (χ1n) is 10.9. The topological polar surface area (TPSA) is 89.8 Å². The minimum absolute atomic E-state index is 0.0639. The summed E-state index contributed by atoms with van der Waals surface area (Å²) in [5, 5.41) is 3.33. The third-order valence-electron chi connectivity index (χ3n) is 5.49. The second-order valence-corrected chi connectivity index (χ2v) is 7.44. The Labute approximate surface area is 187 Å². The van der Waals surface area contributed by atoms with E-state index in [4.69, 9.17) is 5.73 Å². The van der Waals surface area contributed by atoms with Crippen LogP contribution < -0.4 is 21.5 Å². The highest BCUT2D eigenvalue weighted by Gasteiger charge is 2.18. The molecule has 2 aromatic carbocycles. The van der Waals surface area contributed by atoms with Crippen molar-refractivity contribution in [1.29, 1.82) is 0 Å². The Morgan fingerprint density at radius 2 is 1.75 bits per heavy atom. The molecule has 0 unspecified atom stereocenters. The van der Waals surface area contributed by atoms with Crippen LogP contribution in [-0.2, 0) is 0 Å². The number of aliphatic imine (C=N–C) groups is 1. The van der Waals surface area contributed by atoms with E-state index in [0.29, 0.717) is 5.52 Å². The van der Waals surface area contributed by atoms with E-state index in [0.717, 1.165) is 37.6 Å². The van der Waals surface area contributed by atoms with Crippen molar-refractivity contribution >= 4 is 33.8 Å². The maximum atomic E-state index is 14.3. The number of nitrogen functional groups attached to an aromatic ring is 1. The fourth-order valence-electron chi connectivity index (χ4n) is 3.76. The first kappa shape index (κ1) is 23.3. The molecule has 3 aromatic rings. The normalized spacial score (nSPS) is 14.8. The van der Waals surface area contributed by atoms with E-state index in [9.17, 15) is 9.18 Å². The van der Waals surface area contributed by atoms with Gasteiger partial charge in [0.2, 0.25) is 0 Å². The molecular formula is C24H31FN6O. The molecular weight excluding hydrogens is 407 g/mol. The van der Waals surface area contributed by atoms with Crippen molar-refractivity contribution in [3.63, 3.8) is 0 Å². The van der Waals surface area contributed by atoms with Gasteiger partial charge < -0.3 is 25.8 Å². The van der Waals surface area contributed by atoms with Crippen LogP contribution in [0.15, 0.2) is 52.3 Å². The quantitative estimate of drug-likeness (QED) is 0.430. The number of amidine groups is 1. The Bertz CT molecular complexity index is 1150. The summed E-state index contributed by atoms with van der Waals surface area (Å²) in [7, 11) is 3.69. The third-order valence-corrected chi connectivity index (χ3v) is 5.49. The molecule has 1 fully saturated rings. The van der Waals surface area contributed by atoms with Crippen molar-refractivity contribution in [2.75, 3.05) is 56.2 Å². The van der Waals surface area contributed by atoms with E-state index < -0.39 is 11.4 Å². The second-order valence-electron chi connectivity index (χ2n) is 7.44. The van der Waals surface area contributed by atoms with E-state index in [1.54, 1.807) is 13.1 Å². The zero-order valence-electron chi connectivity index (χ0n) is 19.1. The summed E-state index contributed by atoms with van der Waals surface area (Å²) >= 11 is 0. The predicted molar refractivity (Wildman–Crippen MR) is 133 cm³/mol. The molecule has 0 atom stereocenters. The van der Waals surface area contributed by atoms with Gasteiger partial charge in [-0.25, -0.2) is 4.39 Å². The fourth-order valence-corrected chi connectivity index (χ4v) is 3.76. The minimum atomic E-state index is -0.491. The van der Waals surface area contributed by atoms with Gasteiger partial charge in [-0.1, -0.05) is 19.9 Å². The average molecular weight is 439 g/mol. The van der Waals surface area contributed by atoms with Gasteiger partial charge in [0.1, 0.15) is 17.2 Å². The van der Waals surface area contributed by atoms with E-state index in [-0.39, 0.29) is 22.5 Å². The lowest BCUT2D eigenvalue weighted by Gasteiger charge is -2.34. The van der Waals surface area contributed by atoms with Gasteiger partial charge in [-0.15, -0.1) is 0 Å². The summed E-state index contributed by atoms with van der Waals surface area (Å²) in [5.74, 6) is -0.208. The molecule has 1 aromatic heterocycles. The Morgan fingerprint density at radius 3 is 2.38 bits per heavy atom. The Kier molecular flexibility index (Phi) is 7.48. The molecule has 0 bridgehead atoms. The van der Waals surface area contributed by atoms with Gasteiger partial charge in [-0.05, 0) is 43.4 Å². The first-order chi connectivity index (χ1) is 15.5. The molecule has 1 saturated heterocycles. The Hall–Kier alpha value is -3.39. The number of likely N-dealkylation sites (N-methyl/N-ethyl adjacent to an activating group) is 1. The molecule has 7 nitrogen and oxygen atoms in total. The van der Waals surface area contributed by atoms with E-state index in [1.807, 2.05) is 38.1 Å². The highest BCUT2D eigenvalue weighted by atomic mass is 19.1. The number of benzene rings is 2. The Balaban J connectivity index is 0.00000141. The fraction of sp³-hybridized carbons (Fsp3) is 0.333. The summed E-state index contributed by atoms with van der Waals surface area (Å²) in [5.41, 5.74) is 8.22. The number of nitrogens with zero attached hydrogens (tertiary/aromatic N) is 3. The van der Waals surface area contributed by atoms with Crippen LogP contribution in [0.4, 0.5) is 21.5 Å². The van der Waals surface area contributed by atoms with Crippen LogP contribution in [0.5, 0.6) is 0 Å². The number of hydrogen-bond acceptors (Lipinski definition) is 5. The number of anilines is 3. The molecule has 0 radical (unpaired) electrons. The molecule has 4 rings (SSSR count). The number of piperazine rings is 1. The van der Waals surface area contributed by atoms with E-state index in [1.165, 1.54) is 12.1 Å². The Morgan fingerprint density at radius 1 is 1.09 bits per heavy atom. The van der Waals surface area contributed by atoms with E-state index in [2.05, 4.69) is 32.1 Å². The van der Waals surface area contributed by atoms with Crippen molar-refractivity contribution in [3.05, 3.63) is 64.2 Å². The van der Waals surface area contributed by atoms with Crippen LogP contribution in [0.1, 0.15) is 19.4 Å². The summed E-state index contributed by atoms with van der Waals surface area (Å²) in [6.07, 6.45) is 0. The molecule has 32 heavy (non-hydrogen) atoms. The number of halogens is 1. The van der Waals surface area contributed by atoms with Crippen LogP contribution >= 0.6 is 0 Å². The number of aromatic nitrogens is 1. The summed E-state index contributed by atoms with van der Waals surface area (Å²) in [6.45, 7) is 8.04. The van der Waals surface area contributed by atoms with Crippen molar-refractivity contribution in [2.45, 2.75) is 13.8 Å². The van der Waals surface area contributed by atoms with Gasteiger partial charge >= 0.3 is 0 Å².